The van der Waals surface area contributed by atoms with Crippen molar-refractivity contribution in [3.05, 3.63) is 11.1 Å². The number of carbonyl (C=O) groups is 1. The van der Waals surface area contributed by atoms with Crippen molar-refractivity contribution in [2.24, 2.45) is 0 Å². The molecule has 0 spiro atoms. The first-order valence-corrected chi connectivity index (χ1v) is 5.05. The second kappa shape index (κ2) is 3.93. The van der Waals surface area contributed by atoms with E-state index in [1.807, 2.05) is 5.32 Å². The number of carboxylic acids is 1. The van der Waals surface area contributed by atoms with Crippen molar-refractivity contribution in [2.45, 2.75) is 25.6 Å². The van der Waals surface area contributed by atoms with Gasteiger partial charge < -0.3 is 10.4 Å². The number of rotatable bonds is 3. The van der Waals surface area contributed by atoms with Gasteiger partial charge in [-0.15, -0.1) is 11.3 Å². The molecule has 0 aliphatic heterocycles. The van der Waals surface area contributed by atoms with Crippen molar-refractivity contribution < 1.29 is 23.1 Å². The van der Waals surface area contributed by atoms with Crippen LogP contribution in [0.25, 0.3) is 0 Å². The molecule has 1 rings (SSSR count). The van der Waals surface area contributed by atoms with Crippen molar-refractivity contribution in [1.29, 1.82) is 0 Å². The average Bonchev–Trinajstić information content (AvgIpc) is 2.48. The molecule has 0 radical (unpaired) electrons. The van der Waals surface area contributed by atoms with Gasteiger partial charge in [0, 0.05) is 5.38 Å². The Morgan fingerprint density at radius 3 is 2.44 bits per heavy atom. The number of carboxylic acid groups (broad SMARTS) is 1. The van der Waals surface area contributed by atoms with Crippen LogP contribution in [0.15, 0.2) is 5.38 Å². The van der Waals surface area contributed by atoms with Crippen LogP contribution in [-0.2, 0) is 4.79 Å². The van der Waals surface area contributed by atoms with E-state index in [1.54, 1.807) is 6.92 Å². The first-order chi connectivity index (χ1) is 7.17. The van der Waals surface area contributed by atoms with Gasteiger partial charge in [-0.1, -0.05) is 0 Å². The van der Waals surface area contributed by atoms with Crippen LogP contribution in [-0.4, -0.2) is 27.8 Å². The van der Waals surface area contributed by atoms with E-state index in [0.29, 0.717) is 12.6 Å². The fraction of sp³-hybridized carbons (Fsp3) is 0.500. The molecule has 90 valence electrons. The number of aryl methyl sites for hydroxylation is 1. The molecule has 16 heavy (non-hydrogen) atoms. The van der Waals surface area contributed by atoms with Crippen molar-refractivity contribution in [3.8, 4) is 0 Å². The summed E-state index contributed by atoms with van der Waals surface area (Å²) in [4.78, 5) is 14.4. The second-order valence-corrected chi connectivity index (χ2v) is 4.21. The first kappa shape index (κ1) is 12.8. The van der Waals surface area contributed by atoms with Crippen LogP contribution in [0, 0.1) is 6.92 Å². The maximum Gasteiger partial charge on any atom is 0.422 e. The van der Waals surface area contributed by atoms with E-state index in [1.165, 1.54) is 5.38 Å². The van der Waals surface area contributed by atoms with E-state index < -0.39 is 17.7 Å². The predicted molar refractivity (Wildman–Crippen MR) is 52.6 cm³/mol. The van der Waals surface area contributed by atoms with Crippen LogP contribution < -0.4 is 5.32 Å². The molecule has 1 aromatic rings. The van der Waals surface area contributed by atoms with Crippen molar-refractivity contribution in [2.75, 3.05) is 5.32 Å². The summed E-state index contributed by atoms with van der Waals surface area (Å²) in [5.74, 6) is -1.99. The van der Waals surface area contributed by atoms with Gasteiger partial charge in [0.1, 0.15) is 0 Å². The van der Waals surface area contributed by atoms with Gasteiger partial charge in [-0.2, -0.15) is 13.2 Å². The third-order valence-corrected chi connectivity index (χ3v) is 2.85. The second-order valence-electron chi connectivity index (χ2n) is 3.35. The fourth-order valence-electron chi connectivity index (χ4n) is 0.871. The minimum absolute atomic E-state index is 0.0697. The minimum atomic E-state index is -4.90. The van der Waals surface area contributed by atoms with E-state index in [-0.39, 0.29) is 5.13 Å². The molecule has 0 saturated heterocycles. The number of hydrogen-bond acceptors (Lipinski definition) is 4. The van der Waals surface area contributed by atoms with E-state index in [2.05, 4.69) is 4.98 Å². The lowest BCUT2D eigenvalue weighted by molar-refractivity contribution is -0.192. The number of hydrogen-bond donors (Lipinski definition) is 2. The Balaban J connectivity index is 3.01. The van der Waals surface area contributed by atoms with Crippen LogP contribution in [0.5, 0.6) is 0 Å². The highest BCUT2D eigenvalue weighted by atomic mass is 32.1. The van der Waals surface area contributed by atoms with E-state index in [4.69, 9.17) is 5.11 Å². The molecule has 2 N–H and O–H groups in total. The van der Waals surface area contributed by atoms with Gasteiger partial charge in [-0.3, -0.25) is 0 Å². The fourth-order valence-corrected chi connectivity index (χ4v) is 1.67. The summed E-state index contributed by atoms with van der Waals surface area (Å²) in [5.41, 5.74) is -2.50. The maximum atomic E-state index is 12.6. The topological polar surface area (TPSA) is 62.2 Å². The van der Waals surface area contributed by atoms with Gasteiger partial charge >= 0.3 is 12.1 Å². The number of nitrogens with one attached hydrogen (secondary N) is 1. The summed E-state index contributed by atoms with van der Waals surface area (Å²) >= 11 is 0.924. The zero-order valence-electron chi connectivity index (χ0n) is 8.42. The lowest BCUT2D eigenvalue weighted by Gasteiger charge is -2.28. The monoisotopic (exact) mass is 254 g/mol. The molecular weight excluding hydrogens is 245 g/mol. The number of anilines is 1. The van der Waals surface area contributed by atoms with Crippen LogP contribution in [0.1, 0.15) is 12.6 Å². The first-order valence-electron chi connectivity index (χ1n) is 4.17. The van der Waals surface area contributed by atoms with Gasteiger partial charge in [0.05, 0.1) is 5.69 Å². The molecule has 0 aliphatic carbocycles. The van der Waals surface area contributed by atoms with Crippen LogP contribution in [0.2, 0.25) is 0 Å². The van der Waals surface area contributed by atoms with Crippen LogP contribution >= 0.6 is 11.3 Å². The number of halogens is 3. The minimum Gasteiger partial charge on any atom is -0.479 e. The summed E-state index contributed by atoms with van der Waals surface area (Å²) in [7, 11) is 0. The van der Waals surface area contributed by atoms with Crippen molar-refractivity contribution >= 4 is 22.4 Å². The highest BCUT2D eigenvalue weighted by Gasteiger charge is 2.58. The largest absolute Gasteiger partial charge is 0.479 e. The normalized spacial score (nSPS) is 15.6. The molecule has 8 heteroatoms. The third-order valence-electron chi connectivity index (χ3n) is 1.97. The number of aliphatic carboxylic acids is 1. The summed E-state index contributed by atoms with van der Waals surface area (Å²) in [6, 6.07) is 0. The predicted octanol–water partition coefficient (Wildman–Crippen LogP) is 2.27. The van der Waals surface area contributed by atoms with Gasteiger partial charge in [0.2, 0.25) is 5.54 Å². The Hall–Kier alpha value is -1.31. The molecule has 1 unspecified atom stereocenters. The highest BCUT2D eigenvalue weighted by molar-refractivity contribution is 7.13. The van der Waals surface area contributed by atoms with Crippen molar-refractivity contribution in [1.82, 2.24) is 4.98 Å². The Kier molecular flexibility index (Phi) is 3.13. The van der Waals surface area contributed by atoms with Gasteiger partial charge in [-0.25, -0.2) is 9.78 Å². The molecule has 1 heterocycles. The van der Waals surface area contributed by atoms with Gasteiger partial charge in [0.25, 0.3) is 0 Å². The maximum absolute atomic E-state index is 12.6. The molecule has 1 atom stereocenters. The Bertz CT molecular complexity index is 404. The number of aromatic nitrogens is 1. The number of alkyl halides is 3. The zero-order chi connectivity index (χ0) is 12.6. The lowest BCUT2D eigenvalue weighted by Crippen LogP contribution is -2.55. The van der Waals surface area contributed by atoms with Crippen LogP contribution in [0.4, 0.5) is 18.3 Å². The molecule has 0 saturated carbocycles. The standard InChI is InChI=1S/C8H9F3N2O2S/c1-4-3-16-6(12-4)13-7(2,5(14)15)8(9,10)11/h3H,1-2H3,(H,12,13)(H,14,15). The third kappa shape index (κ3) is 2.26. The number of thiazole rings is 1. The molecule has 1 aromatic heterocycles. The quantitative estimate of drug-likeness (QED) is 0.868. The molecule has 0 aliphatic rings. The molecule has 0 fully saturated rings. The summed E-state index contributed by atoms with van der Waals surface area (Å²) in [6.07, 6.45) is -4.90. The Labute approximate surface area is 93.1 Å². The summed E-state index contributed by atoms with van der Waals surface area (Å²) in [5, 5.41) is 12.0. The number of nitrogens with zero attached hydrogens (tertiary/aromatic N) is 1. The SMILES string of the molecule is Cc1csc(NC(C)(C(=O)O)C(F)(F)F)n1. The average molecular weight is 254 g/mol. The summed E-state index contributed by atoms with van der Waals surface area (Å²) < 4.78 is 37.7. The van der Waals surface area contributed by atoms with E-state index >= 15 is 0 Å². The molecule has 0 aromatic carbocycles. The van der Waals surface area contributed by atoms with Crippen molar-refractivity contribution in [3.63, 3.8) is 0 Å². The van der Waals surface area contributed by atoms with E-state index in [9.17, 15) is 18.0 Å². The van der Waals surface area contributed by atoms with E-state index in [0.717, 1.165) is 11.3 Å². The lowest BCUT2D eigenvalue weighted by atomic mass is 10.0. The zero-order valence-corrected chi connectivity index (χ0v) is 9.24. The summed E-state index contributed by atoms with van der Waals surface area (Å²) in [6.45, 7) is 2.17. The smallest absolute Gasteiger partial charge is 0.422 e. The van der Waals surface area contributed by atoms with Gasteiger partial charge in [0.15, 0.2) is 5.13 Å². The molecule has 4 nitrogen and oxygen atoms in total. The Morgan fingerprint density at radius 1 is 1.56 bits per heavy atom. The van der Waals surface area contributed by atoms with Gasteiger partial charge in [-0.05, 0) is 13.8 Å². The highest BCUT2D eigenvalue weighted by Crippen LogP contribution is 2.34. The molecule has 0 bridgehead atoms. The van der Waals surface area contributed by atoms with Crippen LogP contribution in [0.3, 0.4) is 0 Å². The molecule has 0 amide bonds. The Morgan fingerprint density at radius 2 is 2.12 bits per heavy atom. The molecular formula is C8H9F3N2O2S.